The van der Waals surface area contributed by atoms with Gasteiger partial charge in [0.1, 0.15) is 0 Å². The summed E-state index contributed by atoms with van der Waals surface area (Å²) in [7, 11) is -2.85. The molecule has 0 atom stereocenters. The van der Waals surface area contributed by atoms with E-state index in [2.05, 4.69) is 9.46 Å². The Morgan fingerprint density at radius 3 is 2.58 bits per heavy atom. The third-order valence-electron chi connectivity index (χ3n) is 2.20. The number of hydrogen-bond donors (Lipinski definition) is 1. The summed E-state index contributed by atoms with van der Waals surface area (Å²) in [6.07, 6.45) is 0. The second-order valence-corrected chi connectivity index (χ2v) is 5.17. The van der Waals surface area contributed by atoms with Crippen molar-refractivity contribution >= 4 is 21.7 Å². The molecule has 0 saturated carbocycles. The molecule has 0 heterocycles. The van der Waals surface area contributed by atoms with Gasteiger partial charge in [-0.1, -0.05) is 6.92 Å². The summed E-state index contributed by atoms with van der Waals surface area (Å²) >= 11 is 0. The van der Waals surface area contributed by atoms with Gasteiger partial charge in [-0.05, 0) is 6.07 Å². The Morgan fingerprint density at radius 1 is 1.47 bits per heavy atom. The van der Waals surface area contributed by atoms with Gasteiger partial charge in [0, 0.05) is 18.7 Å². The highest BCUT2D eigenvalue weighted by atomic mass is 32.2. The van der Waals surface area contributed by atoms with Crippen LogP contribution in [0.25, 0.3) is 0 Å². The molecule has 19 heavy (non-hydrogen) atoms. The Bertz CT molecular complexity index is 610. The molecule has 0 saturated heterocycles. The molecule has 1 aromatic carbocycles. The maximum atomic E-state index is 11.9. The average molecular weight is 288 g/mol. The number of ether oxygens (including phenoxy) is 1. The van der Waals surface area contributed by atoms with Gasteiger partial charge in [-0.2, -0.15) is 0 Å². The molecule has 9 heteroatoms. The summed E-state index contributed by atoms with van der Waals surface area (Å²) in [4.78, 5) is 21.1. The van der Waals surface area contributed by atoms with Crippen LogP contribution >= 0.6 is 0 Å². The van der Waals surface area contributed by atoms with Gasteiger partial charge in [-0.3, -0.25) is 10.1 Å². The fourth-order valence-electron chi connectivity index (χ4n) is 1.40. The van der Waals surface area contributed by atoms with E-state index in [1.807, 2.05) is 0 Å². The molecule has 8 nitrogen and oxygen atoms in total. The summed E-state index contributed by atoms with van der Waals surface area (Å²) in [5.41, 5.74) is -0.770. The van der Waals surface area contributed by atoms with Gasteiger partial charge in [0.15, 0.2) is 0 Å². The number of carbonyl (C=O) groups is 1. The summed E-state index contributed by atoms with van der Waals surface area (Å²) in [5.74, 6) is -0.958. The van der Waals surface area contributed by atoms with Crippen molar-refractivity contribution in [2.45, 2.75) is 11.8 Å². The molecule has 0 bridgehead atoms. The highest BCUT2D eigenvalue weighted by Crippen LogP contribution is 2.22. The van der Waals surface area contributed by atoms with E-state index in [9.17, 15) is 23.3 Å². The lowest BCUT2D eigenvalue weighted by atomic mass is 10.2. The topological polar surface area (TPSA) is 116 Å². The number of rotatable bonds is 5. The number of nitrogens with zero attached hydrogens (tertiary/aromatic N) is 1. The lowest BCUT2D eigenvalue weighted by Gasteiger charge is -2.09. The molecule has 0 amide bonds. The van der Waals surface area contributed by atoms with Crippen molar-refractivity contribution in [2.24, 2.45) is 0 Å². The molecule has 1 N–H and O–H groups in total. The van der Waals surface area contributed by atoms with Crippen LogP contribution in [0.1, 0.15) is 17.3 Å². The van der Waals surface area contributed by atoms with E-state index in [1.165, 1.54) is 0 Å². The first-order chi connectivity index (χ1) is 8.83. The van der Waals surface area contributed by atoms with Gasteiger partial charge < -0.3 is 4.74 Å². The van der Waals surface area contributed by atoms with Crippen molar-refractivity contribution < 1.29 is 22.9 Å². The van der Waals surface area contributed by atoms with Crippen molar-refractivity contribution in [3.63, 3.8) is 0 Å². The van der Waals surface area contributed by atoms with Gasteiger partial charge in [0.25, 0.3) is 5.69 Å². The van der Waals surface area contributed by atoms with Gasteiger partial charge in [-0.25, -0.2) is 17.9 Å². The zero-order chi connectivity index (χ0) is 14.6. The number of nitro groups is 1. The smallest absolute Gasteiger partial charge is 0.339 e. The van der Waals surface area contributed by atoms with Crippen LogP contribution in [0, 0.1) is 10.1 Å². The van der Waals surface area contributed by atoms with Gasteiger partial charge in [0.2, 0.25) is 10.0 Å². The third kappa shape index (κ3) is 3.26. The molecule has 1 aromatic rings. The quantitative estimate of drug-likeness (QED) is 0.484. The molecule has 0 unspecified atom stereocenters. The Labute approximate surface area is 109 Å². The second kappa shape index (κ2) is 5.76. The van der Waals surface area contributed by atoms with Gasteiger partial charge in [-0.15, -0.1) is 0 Å². The highest BCUT2D eigenvalue weighted by Gasteiger charge is 2.25. The summed E-state index contributed by atoms with van der Waals surface area (Å²) in [6.45, 7) is 1.70. The second-order valence-electron chi connectivity index (χ2n) is 3.43. The number of nitro benzene ring substituents is 1. The molecule has 0 aliphatic heterocycles. The van der Waals surface area contributed by atoms with E-state index in [1.54, 1.807) is 6.92 Å². The lowest BCUT2D eigenvalue weighted by Crippen LogP contribution is -2.25. The minimum Gasteiger partial charge on any atom is -0.465 e. The zero-order valence-corrected chi connectivity index (χ0v) is 11.1. The lowest BCUT2D eigenvalue weighted by molar-refractivity contribution is -0.384. The Morgan fingerprint density at radius 2 is 2.11 bits per heavy atom. The van der Waals surface area contributed by atoms with E-state index < -0.39 is 26.6 Å². The van der Waals surface area contributed by atoms with E-state index in [0.29, 0.717) is 0 Å². The molecule has 0 fully saturated rings. The van der Waals surface area contributed by atoms with Gasteiger partial charge in [0.05, 0.1) is 22.5 Å². The zero-order valence-electron chi connectivity index (χ0n) is 10.2. The first-order valence-corrected chi connectivity index (χ1v) is 6.68. The van der Waals surface area contributed by atoms with Crippen LogP contribution in [0.2, 0.25) is 0 Å². The van der Waals surface area contributed by atoms with E-state index in [-0.39, 0.29) is 17.0 Å². The number of benzene rings is 1. The van der Waals surface area contributed by atoms with Crippen molar-refractivity contribution in [3.05, 3.63) is 33.9 Å². The first kappa shape index (κ1) is 15.1. The number of non-ortho nitro benzene ring substituents is 1. The summed E-state index contributed by atoms with van der Waals surface area (Å²) in [6, 6.07) is 2.88. The maximum absolute atomic E-state index is 11.9. The number of hydrogen-bond acceptors (Lipinski definition) is 6. The predicted molar refractivity (Wildman–Crippen MR) is 65.3 cm³/mol. The summed E-state index contributed by atoms with van der Waals surface area (Å²) < 4.78 is 30.4. The van der Waals surface area contributed by atoms with Crippen molar-refractivity contribution in [1.29, 1.82) is 0 Å². The molecule has 0 aromatic heterocycles. The fourth-order valence-corrected chi connectivity index (χ4v) is 2.62. The molecular weight excluding hydrogens is 276 g/mol. The SMILES string of the molecule is CCNS(=O)(=O)c1ccc([N+](=O)[O-])cc1C(=O)OC. The van der Waals surface area contributed by atoms with Crippen molar-refractivity contribution in [2.75, 3.05) is 13.7 Å². The number of carbonyl (C=O) groups excluding carboxylic acids is 1. The average Bonchev–Trinajstić information content (AvgIpc) is 2.36. The van der Waals surface area contributed by atoms with E-state index >= 15 is 0 Å². The predicted octanol–water partition coefficient (Wildman–Crippen LogP) is 0.680. The minimum atomic E-state index is -3.91. The monoisotopic (exact) mass is 288 g/mol. The summed E-state index contributed by atoms with van der Waals surface area (Å²) in [5, 5.41) is 10.6. The molecule has 0 spiro atoms. The van der Waals surface area contributed by atoms with Crippen LogP contribution in [0.5, 0.6) is 0 Å². The fraction of sp³-hybridized carbons (Fsp3) is 0.300. The minimum absolute atomic E-state index is 0.125. The van der Waals surface area contributed by atoms with E-state index in [0.717, 1.165) is 25.3 Å². The number of nitrogens with one attached hydrogen (secondary N) is 1. The van der Waals surface area contributed by atoms with Crippen LogP contribution in [0.15, 0.2) is 23.1 Å². The standard InChI is InChI=1S/C10H12N2O6S/c1-3-11-19(16,17)9-5-4-7(12(14)15)6-8(9)10(13)18-2/h4-6,11H,3H2,1-2H3. The van der Waals surface area contributed by atoms with Crippen molar-refractivity contribution in [1.82, 2.24) is 4.72 Å². The number of sulfonamides is 1. The maximum Gasteiger partial charge on any atom is 0.339 e. The van der Waals surface area contributed by atoms with Crippen LogP contribution in [0.4, 0.5) is 5.69 Å². The van der Waals surface area contributed by atoms with Crippen LogP contribution in [0.3, 0.4) is 0 Å². The molecule has 104 valence electrons. The number of methoxy groups -OCH3 is 1. The molecule has 0 aliphatic carbocycles. The molecule has 1 rings (SSSR count). The van der Waals surface area contributed by atoms with Crippen LogP contribution < -0.4 is 4.72 Å². The Balaban J connectivity index is 3.48. The Hall–Kier alpha value is -2.00. The molecule has 0 radical (unpaired) electrons. The van der Waals surface area contributed by atoms with E-state index in [4.69, 9.17) is 0 Å². The molecule has 0 aliphatic rings. The van der Waals surface area contributed by atoms with Gasteiger partial charge >= 0.3 is 5.97 Å². The Kier molecular flexibility index (Phi) is 4.57. The van der Waals surface area contributed by atoms with Crippen LogP contribution in [-0.4, -0.2) is 33.0 Å². The van der Waals surface area contributed by atoms with Crippen LogP contribution in [-0.2, 0) is 14.8 Å². The van der Waals surface area contributed by atoms with Crippen molar-refractivity contribution in [3.8, 4) is 0 Å². The normalized spacial score (nSPS) is 11.1. The molecular formula is C10H12N2O6S. The number of esters is 1. The third-order valence-corrected chi connectivity index (χ3v) is 3.81. The first-order valence-electron chi connectivity index (χ1n) is 5.20. The highest BCUT2D eigenvalue weighted by molar-refractivity contribution is 7.89. The largest absolute Gasteiger partial charge is 0.465 e.